The van der Waals surface area contributed by atoms with Crippen LogP contribution in [0.25, 0.3) is 10.2 Å². The first-order chi connectivity index (χ1) is 11.1. The van der Waals surface area contributed by atoms with E-state index in [-0.39, 0.29) is 0 Å². The lowest BCUT2D eigenvalue weighted by atomic mass is 10.1. The second-order valence-electron chi connectivity index (χ2n) is 5.83. The summed E-state index contributed by atoms with van der Waals surface area (Å²) < 4.78 is 8.54. The number of rotatable bonds is 6. The number of hydrogen-bond donors (Lipinski definition) is 1. The molecule has 0 bridgehead atoms. The molecule has 0 saturated carbocycles. The molecule has 2 aromatic heterocycles. The van der Waals surface area contributed by atoms with Gasteiger partial charge in [0.1, 0.15) is 5.01 Å². The Balaban J connectivity index is 1.73. The molecule has 0 aliphatic heterocycles. The summed E-state index contributed by atoms with van der Waals surface area (Å²) in [5, 5.41) is 9.15. The molecule has 122 valence electrons. The third kappa shape index (κ3) is 3.23. The Bertz CT molecular complexity index is 773. The molecule has 0 spiro atoms. The quantitative estimate of drug-likeness (QED) is 0.752. The summed E-state index contributed by atoms with van der Waals surface area (Å²) in [7, 11) is 3.61. The van der Waals surface area contributed by atoms with Crippen LogP contribution in [0.4, 0.5) is 0 Å². The predicted molar refractivity (Wildman–Crippen MR) is 94.0 cm³/mol. The number of fused-ring (bicyclic) bond motifs is 1. The smallest absolute Gasteiger partial charge is 0.216 e. The molecule has 6 heteroatoms. The van der Waals surface area contributed by atoms with Crippen LogP contribution in [0.15, 0.2) is 24.3 Å². The highest BCUT2D eigenvalue weighted by atomic mass is 32.1. The molecule has 5 nitrogen and oxygen atoms in total. The van der Waals surface area contributed by atoms with E-state index in [1.54, 1.807) is 18.4 Å². The maximum absolute atomic E-state index is 5.51. The summed E-state index contributed by atoms with van der Waals surface area (Å²) in [6, 6.07) is 8.23. The molecular weight excluding hydrogens is 308 g/mol. The highest BCUT2D eigenvalue weighted by Gasteiger charge is 2.18. The van der Waals surface area contributed by atoms with Crippen molar-refractivity contribution in [1.29, 1.82) is 0 Å². The minimum Gasteiger partial charge on any atom is -0.481 e. The number of aryl methyl sites for hydroxylation is 1. The highest BCUT2D eigenvalue weighted by Crippen LogP contribution is 2.27. The van der Waals surface area contributed by atoms with E-state index < -0.39 is 0 Å². The zero-order chi connectivity index (χ0) is 16.4. The third-order valence-corrected chi connectivity index (χ3v) is 4.81. The van der Waals surface area contributed by atoms with Crippen LogP contribution in [-0.4, -0.2) is 21.9 Å². The molecule has 3 rings (SSSR count). The fourth-order valence-electron chi connectivity index (χ4n) is 2.75. The Hall–Kier alpha value is -1.92. The minimum absolute atomic E-state index is 0.365. The standard InChI is InChI=1S/C17H22N4OS/c1-11(2)16-12(17(22-4)21(3)20-16)9-18-10-15-19-13-7-5-6-8-14(13)23-15/h5-8,11,18H,9-10H2,1-4H3. The lowest BCUT2D eigenvalue weighted by molar-refractivity contribution is 0.368. The van der Waals surface area contributed by atoms with Gasteiger partial charge in [-0.2, -0.15) is 5.10 Å². The second-order valence-corrected chi connectivity index (χ2v) is 6.95. The number of nitrogens with zero attached hydrogens (tertiary/aromatic N) is 3. The minimum atomic E-state index is 0.365. The maximum atomic E-state index is 5.51. The Labute approximate surface area is 140 Å². The van der Waals surface area contributed by atoms with Crippen LogP contribution >= 0.6 is 11.3 Å². The van der Waals surface area contributed by atoms with Crippen molar-refractivity contribution in [1.82, 2.24) is 20.1 Å². The van der Waals surface area contributed by atoms with Gasteiger partial charge in [0.25, 0.3) is 0 Å². The van der Waals surface area contributed by atoms with Crippen LogP contribution in [0.1, 0.15) is 36.0 Å². The number of hydrogen-bond acceptors (Lipinski definition) is 5. The predicted octanol–water partition coefficient (Wildman–Crippen LogP) is 3.45. The van der Waals surface area contributed by atoms with Crippen molar-refractivity contribution in [2.75, 3.05) is 7.11 Å². The van der Waals surface area contributed by atoms with Gasteiger partial charge in [-0.1, -0.05) is 26.0 Å². The average molecular weight is 330 g/mol. The Kier molecular flexibility index (Phi) is 4.63. The summed E-state index contributed by atoms with van der Waals surface area (Å²) in [5.74, 6) is 1.19. The topological polar surface area (TPSA) is 52.0 Å². The summed E-state index contributed by atoms with van der Waals surface area (Å²) >= 11 is 1.73. The van der Waals surface area contributed by atoms with Gasteiger partial charge in [0, 0.05) is 20.1 Å². The van der Waals surface area contributed by atoms with E-state index in [1.807, 2.05) is 23.9 Å². The zero-order valence-electron chi connectivity index (χ0n) is 14.0. The first-order valence-electron chi connectivity index (χ1n) is 7.75. The van der Waals surface area contributed by atoms with Crippen molar-refractivity contribution in [2.45, 2.75) is 32.9 Å². The van der Waals surface area contributed by atoms with Crippen molar-refractivity contribution < 1.29 is 4.74 Å². The lowest BCUT2D eigenvalue weighted by Gasteiger charge is -2.08. The van der Waals surface area contributed by atoms with E-state index in [9.17, 15) is 0 Å². The van der Waals surface area contributed by atoms with Crippen molar-refractivity contribution in [3.63, 3.8) is 0 Å². The molecule has 0 saturated heterocycles. The van der Waals surface area contributed by atoms with Crippen LogP contribution in [0.5, 0.6) is 5.88 Å². The largest absolute Gasteiger partial charge is 0.481 e. The Morgan fingerprint density at radius 2 is 2.04 bits per heavy atom. The van der Waals surface area contributed by atoms with Crippen LogP contribution in [0.3, 0.4) is 0 Å². The molecule has 0 aliphatic carbocycles. The van der Waals surface area contributed by atoms with Gasteiger partial charge in [-0.05, 0) is 18.1 Å². The Morgan fingerprint density at radius 3 is 2.74 bits per heavy atom. The fourth-order valence-corrected chi connectivity index (χ4v) is 3.68. The lowest BCUT2D eigenvalue weighted by Crippen LogP contribution is -2.14. The number of para-hydroxylation sites is 1. The highest BCUT2D eigenvalue weighted by molar-refractivity contribution is 7.18. The Morgan fingerprint density at radius 1 is 1.26 bits per heavy atom. The second kappa shape index (κ2) is 6.68. The summed E-state index contributed by atoms with van der Waals surface area (Å²) in [5.41, 5.74) is 3.28. The van der Waals surface area contributed by atoms with Gasteiger partial charge >= 0.3 is 0 Å². The van der Waals surface area contributed by atoms with Crippen molar-refractivity contribution in [3.05, 3.63) is 40.5 Å². The molecular formula is C17H22N4OS. The molecule has 0 radical (unpaired) electrons. The van der Waals surface area contributed by atoms with Crippen LogP contribution in [0.2, 0.25) is 0 Å². The van der Waals surface area contributed by atoms with Gasteiger partial charge in [0.05, 0.1) is 28.6 Å². The van der Waals surface area contributed by atoms with Gasteiger partial charge < -0.3 is 10.1 Å². The van der Waals surface area contributed by atoms with Crippen LogP contribution < -0.4 is 10.1 Å². The average Bonchev–Trinajstić information content (AvgIpc) is 3.07. The van der Waals surface area contributed by atoms with Crippen LogP contribution in [0, 0.1) is 0 Å². The van der Waals surface area contributed by atoms with Gasteiger partial charge in [0.15, 0.2) is 0 Å². The number of ether oxygens (including phenoxy) is 1. The summed E-state index contributed by atoms with van der Waals surface area (Å²) in [4.78, 5) is 4.65. The molecule has 0 aliphatic rings. The van der Waals surface area contributed by atoms with Gasteiger partial charge in [-0.15, -0.1) is 11.3 Å². The fraction of sp³-hybridized carbons (Fsp3) is 0.412. The number of thiazole rings is 1. The number of aromatic nitrogens is 3. The first kappa shape index (κ1) is 16.0. The van der Waals surface area contributed by atoms with Crippen molar-refractivity contribution in [2.24, 2.45) is 7.05 Å². The number of methoxy groups -OCH3 is 1. The monoisotopic (exact) mass is 330 g/mol. The van der Waals surface area contributed by atoms with Gasteiger partial charge in [-0.3, -0.25) is 0 Å². The van der Waals surface area contributed by atoms with E-state index in [1.165, 1.54) is 4.70 Å². The SMILES string of the molecule is COc1c(CNCc2nc3ccccc3s2)c(C(C)C)nn1C. The molecule has 0 unspecified atom stereocenters. The molecule has 0 amide bonds. The van der Waals surface area contributed by atoms with Gasteiger partial charge in [-0.25, -0.2) is 9.67 Å². The molecule has 0 atom stereocenters. The number of benzene rings is 1. The van der Waals surface area contributed by atoms with E-state index in [2.05, 4.69) is 41.4 Å². The van der Waals surface area contributed by atoms with E-state index in [0.717, 1.165) is 40.8 Å². The molecule has 23 heavy (non-hydrogen) atoms. The molecule has 1 N–H and O–H groups in total. The summed E-state index contributed by atoms with van der Waals surface area (Å²) in [6.07, 6.45) is 0. The first-order valence-corrected chi connectivity index (χ1v) is 8.56. The summed E-state index contributed by atoms with van der Waals surface area (Å²) in [6.45, 7) is 5.77. The van der Waals surface area contributed by atoms with Crippen molar-refractivity contribution >= 4 is 21.6 Å². The molecule has 3 aromatic rings. The molecule has 1 aromatic carbocycles. The third-order valence-electron chi connectivity index (χ3n) is 3.78. The van der Waals surface area contributed by atoms with Crippen molar-refractivity contribution in [3.8, 4) is 5.88 Å². The molecule has 2 heterocycles. The number of nitrogens with one attached hydrogen (secondary N) is 1. The van der Waals surface area contributed by atoms with E-state index in [0.29, 0.717) is 5.92 Å². The van der Waals surface area contributed by atoms with E-state index >= 15 is 0 Å². The molecule has 0 fully saturated rings. The van der Waals surface area contributed by atoms with Crippen LogP contribution in [-0.2, 0) is 20.1 Å². The van der Waals surface area contributed by atoms with Gasteiger partial charge in [0.2, 0.25) is 5.88 Å². The maximum Gasteiger partial charge on any atom is 0.216 e. The van der Waals surface area contributed by atoms with E-state index in [4.69, 9.17) is 4.74 Å². The normalized spacial score (nSPS) is 11.5. The zero-order valence-corrected chi connectivity index (χ0v) is 14.8.